The Labute approximate surface area is 168 Å². The smallest absolute Gasteiger partial charge is 0.178 e. The molecule has 0 saturated heterocycles. The van der Waals surface area contributed by atoms with Crippen molar-refractivity contribution >= 4 is 17.7 Å². The van der Waals surface area contributed by atoms with Crippen LogP contribution < -0.4 is 0 Å². The summed E-state index contributed by atoms with van der Waals surface area (Å²) in [6.07, 6.45) is 9.81. The Morgan fingerprint density at radius 1 is 0.964 bits per heavy atom. The maximum absolute atomic E-state index is 10.3. The number of benzene rings is 2. The van der Waals surface area contributed by atoms with Crippen LogP contribution in [0, 0.1) is 0 Å². The van der Waals surface area contributed by atoms with Crippen LogP contribution in [0.2, 0.25) is 0 Å². The SMILES string of the molecule is CCC(O)(C=CC=C(C)c1cccc(C=Cc2ccc(C(O)O)cc2)c1)CC. The van der Waals surface area contributed by atoms with E-state index in [-0.39, 0.29) is 0 Å². The van der Waals surface area contributed by atoms with Crippen LogP contribution in [0.25, 0.3) is 17.7 Å². The van der Waals surface area contributed by atoms with Gasteiger partial charge in [-0.3, -0.25) is 0 Å². The van der Waals surface area contributed by atoms with Crippen LogP contribution in [0.3, 0.4) is 0 Å². The largest absolute Gasteiger partial charge is 0.386 e. The molecule has 0 spiro atoms. The van der Waals surface area contributed by atoms with Crippen LogP contribution >= 0.6 is 0 Å². The van der Waals surface area contributed by atoms with Gasteiger partial charge in [0, 0.05) is 5.56 Å². The number of rotatable bonds is 8. The van der Waals surface area contributed by atoms with Gasteiger partial charge in [0.25, 0.3) is 0 Å². The Bertz CT molecular complexity index is 838. The molecule has 0 heterocycles. The zero-order valence-electron chi connectivity index (χ0n) is 16.8. The second-order valence-corrected chi connectivity index (χ2v) is 7.02. The van der Waals surface area contributed by atoms with Crippen LogP contribution in [-0.2, 0) is 0 Å². The summed E-state index contributed by atoms with van der Waals surface area (Å²) in [5.41, 5.74) is 4.07. The van der Waals surface area contributed by atoms with Gasteiger partial charge in [-0.05, 0) is 48.1 Å². The molecular weight excluding hydrogens is 348 g/mol. The van der Waals surface area contributed by atoms with Crippen molar-refractivity contribution in [2.75, 3.05) is 0 Å². The average molecular weight is 379 g/mol. The minimum Gasteiger partial charge on any atom is -0.386 e. The molecule has 0 aliphatic carbocycles. The molecule has 0 radical (unpaired) electrons. The summed E-state index contributed by atoms with van der Waals surface area (Å²) in [6, 6.07) is 15.4. The van der Waals surface area contributed by atoms with Crippen LogP contribution in [0.5, 0.6) is 0 Å². The van der Waals surface area contributed by atoms with Crippen molar-refractivity contribution in [2.24, 2.45) is 0 Å². The highest BCUT2D eigenvalue weighted by atomic mass is 16.5. The molecule has 0 amide bonds. The molecule has 3 N–H and O–H groups in total. The molecular formula is C25H30O3. The molecule has 3 heteroatoms. The first-order valence-corrected chi connectivity index (χ1v) is 9.70. The Morgan fingerprint density at radius 2 is 1.61 bits per heavy atom. The lowest BCUT2D eigenvalue weighted by Gasteiger charge is -2.19. The van der Waals surface area contributed by atoms with Crippen molar-refractivity contribution in [3.05, 3.63) is 89.0 Å². The van der Waals surface area contributed by atoms with Crippen molar-refractivity contribution in [3.63, 3.8) is 0 Å². The minimum absolute atomic E-state index is 0.478. The summed E-state index contributed by atoms with van der Waals surface area (Å²) >= 11 is 0. The Kier molecular flexibility index (Phi) is 7.94. The Hall–Kier alpha value is -2.46. The molecule has 148 valence electrons. The highest BCUT2D eigenvalue weighted by molar-refractivity contribution is 5.73. The Morgan fingerprint density at radius 3 is 2.21 bits per heavy atom. The van der Waals surface area contributed by atoms with E-state index in [1.165, 1.54) is 0 Å². The fourth-order valence-electron chi connectivity index (χ4n) is 2.81. The maximum Gasteiger partial charge on any atom is 0.178 e. The molecule has 0 fully saturated rings. The topological polar surface area (TPSA) is 60.7 Å². The highest BCUT2D eigenvalue weighted by Crippen LogP contribution is 2.20. The third-order valence-corrected chi connectivity index (χ3v) is 5.02. The van der Waals surface area contributed by atoms with Gasteiger partial charge in [-0.25, -0.2) is 0 Å². The lowest BCUT2D eigenvalue weighted by Crippen LogP contribution is -2.22. The van der Waals surface area contributed by atoms with Gasteiger partial charge in [0.15, 0.2) is 6.29 Å². The van der Waals surface area contributed by atoms with Gasteiger partial charge in [-0.2, -0.15) is 0 Å². The predicted molar refractivity (Wildman–Crippen MR) is 117 cm³/mol. The van der Waals surface area contributed by atoms with E-state index >= 15 is 0 Å². The highest BCUT2D eigenvalue weighted by Gasteiger charge is 2.16. The van der Waals surface area contributed by atoms with E-state index < -0.39 is 11.9 Å². The molecule has 0 aromatic heterocycles. The molecule has 0 atom stereocenters. The van der Waals surface area contributed by atoms with Gasteiger partial charge in [0.2, 0.25) is 0 Å². The van der Waals surface area contributed by atoms with Crippen molar-refractivity contribution in [1.29, 1.82) is 0 Å². The van der Waals surface area contributed by atoms with Gasteiger partial charge >= 0.3 is 0 Å². The van der Waals surface area contributed by atoms with E-state index in [0.29, 0.717) is 18.4 Å². The molecule has 0 unspecified atom stereocenters. The third-order valence-electron chi connectivity index (χ3n) is 5.02. The standard InChI is InChI=1S/C25H30O3/c1-4-25(28,5-2)17-7-8-19(3)23-10-6-9-21(18-23)12-11-20-13-15-22(16-14-20)24(26)27/h6-18,24,26-28H,4-5H2,1-3H3. The number of aliphatic hydroxyl groups excluding tert-OH is 1. The molecule has 2 aromatic carbocycles. The van der Waals surface area contributed by atoms with Crippen LogP contribution in [-0.4, -0.2) is 20.9 Å². The van der Waals surface area contributed by atoms with Crippen molar-refractivity contribution in [1.82, 2.24) is 0 Å². The van der Waals surface area contributed by atoms with Gasteiger partial charge in [-0.15, -0.1) is 0 Å². The molecule has 0 aliphatic rings. The zero-order valence-corrected chi connectivity index (χ0v) is 16.8. The Balaban J connectivity index is 2.12. The number of aliphatic hydroxyl groups is 3. The van der Waals surface area contributed by atoms with Crippen molar-refractivity contribution in [2.45, 2.75) is 45.5 Å². The van der Waals surface area contributed by atoms with Crippen molar-refractivity contribution in [3.8, 4) is 0 Å². The van der Waals surface area contributed by atoms with Crippen molar-refractivity contribution < 1.29 is 15.3 Å². The third kappa shape index (κ3) is 6.31. The van der Waals surface area contributed by atoms with E-state index in [9.17, 15) is 5.11 Å². The van der Waals surface area contributed by atoms with Gasteiger partial charge in [0.1, 0.15) is 0 Å². The first-order valence-electron chi connectivity index (χ1n) is 9.70. The number of hydrogen-bond donors (Lipinski definition) is 3. The summed E-state index contributed by atoms with van der Waals surface area (Å²) in [5.74, 6) is 0. The van der Waals surface area contributed by atoms with Gasteiger partial charge < -0.3 is 15.3 Å². The average Bonchev–Trinajstić information content (AvgIpc) is 2.72. The zero-order chi connectivity index (χ0) is 20.6. The summed E-state index contributed by atoms with van der Waals surface area (Å²) in [4.78, 5) is 0. The number of hydrogen-bond acceptors (Lipinski definition) is 3. The monoisotopic (exact) mass is 378 g/mol. The second-order valence-electron chi connectivity index (χ2n) is 7.02. The van der Waals surface area contributed by atoms with E-state index in [4.69, 9.17) is 10.2 Å². The fraction of sp³-hybridized carbons (Fsp3) is 0.280. The lowest BCUT2D eigenvalue weighted by molar-refractivity contribution is -0.0424. The first kappa shape index (κ1) is 21.8. The second kappa shape index (κ2) is 10.2. The molecule has 0 saturated carbocycles. The minimum atomic E-state index is -1.44. The van der Waals surface area contributed by atoms with Gasteiger partial charge in [0.05, 0.1) is 5.60 Å². The van der Waals surface area contributed by atoms with Gasteiger partial charge in [-0.1, -0.05) is 86.7 Å². The molecule has 2 aromatic rings. The first-order chi connectivity index (χ1) is 13.4. The van der Waals surface area contributed by atoms with E-state index in [2.05, 4.69) is 19.1 Å². The van der Waals surface area contributed by atoms with Crippen LogP contribution in [0.1, 0.15) is 62.2 Å². The molecule has 0 aliphatic heterocycles. The normalized spacial score (nSPS) is 13.2. The van der Waals surface area contributed by atoms with Crippen LogP contribution in [0.4, 0.5) is 0 Å². The number of allylic oxidation sites excluding steroid dienone is 3. The van der Waals surface area contributed by atoms with E-state index in [1.807, 2.05) is 68.5 Å². The fourth-order valence-corrected chi connectivity index (χ4v) is 2.81. The molecule has 0 bridgehead atoms. The lowest BCUT2D eigenvalue weighted by atomic mass is 9.96. The van der Waals surface area contributed by atoms with E-state index in [1.54, 1.807) is 12.1 Å². The van der Waals surface area contributed by atoms with E-state index in [0.717, 1.165) is 22.3 Å². The molecule has 3 nitrogen and oxygen atoms in total. The maximum atomic E-state index is 10.3. The molecule has 2 rings (SSSR count). The summed E-state index contributed by atoms with van der Waals surface area (Å²) < 4.78 is 0. The summed E-state index contributed by atoms with van der Waals surface area (Å²) in [5, 5.41) is 28.6. The summed E-state index contributed by atoms with van der Waals surface area (Å²) in [7, 11) is 0. The quantitative estimate of drug-likeness (QED) is 0.330. The van der Waals surface area contributed by atoms with Crippen LogP contribution in [0.15, 0.2) is 66.8 Å². The predicted octanol–water partition coefficient (Wildman–Crippen LogP) is 5.35. The molecule has 28 heavy (non-hydrogen) atoms. The summed E-state index contributed by atoms with van der Waals surface area (Å²) in [6.45, 7) is 6.03.